The average Bonchev–Trinajstić information content (AvgIpc) is 2.47. The van der Waals surface area contributed by atoms with Crippen molar-refractivity contribution in [2.45, 2.75) is 13.0 Å². The summed E-state index contributed by atoms with van der Waals surface area (Å²) in [6.45, 7) is 0.581. The molecule has 0 atom stereocenters. The first kappa shape index (κ1) is 7.84. The fraction of sp³-hybridized carbons (Fsp3) is 0.200. The molecule has 12 heavy (non-hydrogen) atoms. The monoisotopic (exact) mass is 179 g/mol. The summed E-state index contributed by atoms with van der Waals surface area (Å²) in [5, 5.41) is 0.861. The van der Waals surface area contributed by atoms with Crippen molar-refractivity contribution in [3.05, 3.63) is 41.0 Å². The SMILES string of the molecule is NCc1ccc2c(c1)C(Cl)=CC2. The normalized spacial score (nSPS) is 14.3. The van der Waals surface area contributed by atoms with Crippen LogP contribution in [-0.2, 0) is 13.0 Å². The van der Waals surface area contributed by atoms with Crippen LogP contribution in [0, 0.1) is 0 Å². The highest BCUT2D eigenvalue weighted by atomic mass is 35.5. The van der Waals surface area contributed by atoms with Crippen molar-refractivity contribution in [2.24, 2.45) is 5.73 Å². The Morgan fingerprint density at radius 3 is 3.00 bits per heavy atom. The first-order valence-corrected chi connectivity index (χ1v) is 4.37. The molecule has 0 radical (unpaired) electrons. The molecular formula is C10H10ClN. The Morgan fingerprint density at radius 1 is 1.42 bits per heavy atom. The number of halogens is 1. The maximum atomic E-state index is 5.99. The summed E-state index contributed by atoms with van der Waals surface area (Å²) in [4.78, 5) is 0. The number of fused-ring (bicyclic) bond motifs is 1. The van der Waals surface area contributed by atoms with E-state index in [-0.39, 0.29) is 0 Å². The van der Waals surface area contributed by atoms with E-state index in [0.29, 0.717) is 6.54 Å². The van der Waals surface area contributed by atoms with Gasteiger partial charge in [-0.05, 0) is 29.2 Å². The third-order valence-electron chi connectivity index (χ3n) is 2.17. The molecule has 0 heterocycles. The lowest BCUT2D eigenvalue weighted by Gasteiger charge is -2.02. The van der Waals surface area contributed by atoms with Gasteiger partial charge in [0.25, 0.3) is 0 Å². The minimum Gasteiger partial charge on any atom is -0.326 e. The minimum atomic E-state index is 0.581. The standard InChI is InChI=1S/C10H10ClN/c11-10-4-3-8-2-1-7(6-12)5-9(8)10/h1-2,4-5H,3,6,12H2. The van der Waals surface area contributed by atoms with E-state index in [9.17, 15) is 0 Å². The number of hydrogen-bond donors (Lipinski definition) is 1. The molecule has 1 aromatic rings. The van der Waals surface area contributed by atoms with Gasteiger partial charge in [-0.2, -0.15) is 0 Å². The van der Waals surface area contributed by atoms with Crippen LogP contribution < -0.4 is 5.73 Å². The fourth-order valence-corrected chi connectivity index (χ4v) is 1.71. The zero-order valence-corrected chi connectivity index (χ0v) is 7.43. The van der Waals surface area contributed by atoms with Gasteiger partial charge in [0.1, 0.15) is 0 Å². The molecule has 0 aromatic heterocycles. The summed E-state index contributed by atoms with van der Waals surface area (Å²) in [6.07, 6.45) is 2.99. The van der Waals surface area contributed by atoms with Gasteiger partial charge in [0.15, 0.2) is 0 Å². The average molecular weight is 180 g/mol. The molecule has 1 nitrogen and oxygen atoms in total. The van der Waals surface area contributed by atoms with Gasteiger partial charge in [-0.1, -0.05) is 29.8 Å². The Bertz CT molecular complexity index is 342. The van der Waals surface area contributed by atoms with Crippen molar-refractivity contribution in [3.8, 4) is 0 Å². The Balaban J connectivity index is 2.50. The van der Waals surface area contributed by atoms with Crippen molar-refractivity contribution in [1.82, 2.24) is 0 Å². The van der Waals surface area contributed by atoms with Gasteiger partial charge in [-0.3, -0.25) is 0 Å². The third kappa shape index (κ3) is 1.15. The first-order chi connectivity index (χ1) is 5.81. The Labute approximate surface area is 76.8 Å². The van der Waals surface area contributed by atoms with E-state index in [2.05, 4.69) is 18.2 Å². The van der Waals surface area contributed by atoms with Gasteiger partial charge in [-0.15, -0.1) is 0 Å². The summed E-state index contributed by atoms with van der Waals surface area (Å²) in [5.74, 6) is 0. The zero-order chi connectivity index (χ0) is 8.55. The number of nitrogens with two attached hydrogens (primary N) is 1. The van der Waals surface area contributed by atoms with Crippen molar-refractivity contribution in [3.63, 3.8) is 0 Å². The first-order valence-electron chi connectivity index (χ1n) is 3.99. The molecule has 1 aliphatic carbocycles. The van der Waals surface area contributed by atoms with Crippen molar-refractivity contribution >= 4 is 16.6 Å². The van der Waals surface area contributed by atoms with Crippen LogP contribution in [0.1, 0.15) is 16.7 Å². The van der Waals surface area contributed by atoms with Crippen LogP contribution in [0.4, 0.5) is 0 Å². The molecule has 0 amide bonds. The second-order valence-electron chi connectivity index (χ2n) is 2.95. The molecule has 2 N–H and O–H groups in total. The molecule has 2 rings (SSSR count). The number of benzene rings is 1. The van der Waals surface area contributed by atoms with E-state index in [1.165, 1.54) is 5.56 Å². The van der Waals surface area contributed by atoms with Crippen LogP contribution >= 0.6 is 11.6 Å². The van der Waals surface area contributed by atoms with Gasteiger partial charge >= 0.3 is 0 Å². The van der Waals surface area contributed by atoms with Crippen LogP contribution in [0.3, 0.4) is 0 Å². The van der Waals surface area contributed by atoms with E-state index < -0.39 is 0 Å². The highest BCUT2D eigenvalue weighted by Gasteiger charge is 2.11. The van der Waals surface area contributed by atoms with Gasteiger partial charge in [0.2, 0.25) is 0 Å². The summed E-state index contributed by atoms with van der Waals surface area (Å²) in [6, 6.07) is 6.23. The predicted molar refractivity (Wildman–Crippen MR) is 51.9 cm³/mol. The molecule has 1 aliphatic rings. The molecule has 0 aliphatic heterocycles. The number of allylic oxidation sites excluding steroid dienone is 1. The molecule has 2 heteroatoms. The Morgan fingerprint density at radius 2 is 2.25 bits per heavy atom. The van der Waals surface area contributed by atoms with Gasteiger partial charge < -0.3 is 5.73 Å². The molecule has 0 bridgehead atoms. The topological polar surface area (TPSA) is 26.0 Å². The quantitative estimate of drug-likeness (QED) is 0.704. The maximum Gasteiger partial charge on any atom is 0.0444 e. The summed E-state index contributed by atoms with van der Waals surface area (Å²) >= 11 is 5.99. The van der Waals surface area contributed by atoms with Gasteiger partial charge in [0.05, 0.1) is 0 Å². The largest absolute Gasteiger partial charge is 0.326 e. The van der Waals surface area contributed by atoms with E-state index in [4.69, 9.17) is 17.3 Å². The van der Waals surface area contributed by atoms with Crippen molar-refractivity contribution in [1.29, 1.82) is 0 Å². The second kappa shape index (κ2) is 2.92. The highest BCUT2D eigenvalue weighted by molar-refractivity contribution is 6.49. The van der Waals surface area contributed by atoms with Crippen molar-refractivity contribution in [2.75, 3.05) is 0 Å². The van der Waals surface area contributed by atoms with Crippen LogP contribution in [0.5, 0.6) is 0 Å². The van der Waals surface area contributed by atoms with Gasteiger partial charge in [-0.25, -0.2) is 0 Å². The smallest absolute Gasteiger partial charge is 0.0444 e. The summed E-state index contributed by atoms with van der Waals surface area (Å²) in [5.41, 5.74) is 9.12. The molecule has 0 fully saturated rings. The lowest BCUT2D eigenvalue weighted by Crippen LogP contribution is -1.97. The molecule has 0 saturated heterocycles. The molecular weight excluding hydrogens is 170 g/mol. The van der Waals surface area contributed by atoms with E-state index >= 15 is 0 Å². The predicted octanol–water partition coefficient (Wildman–Crippen LogP) is 2.28. The Kier molecular flexibility index (Phi) is 1.91. The zero-order valence-electron chi connectivity index (χ0n) is 6.68. The van der Waals surface area contributed by atoms with Crippen LogP contribution in [-0.4, -0.2) is 0 Å². The maximum absolute atomic E-state index is 5.99. The molecule has 0 saturated carbocycles. The molecule has 0 spiro atoms. The van der Waals surface area contributed by atoms with Gasteiger partial charge in [0, 0.05) is 11.6 Å². The molecule has 1 aromatic carbocycles. The summed E-state index contributed by atoms with van der Waals surface area (Å²) < 4.78 is 0. The molecule has 0 unspecified atom stereocenters. The van der Waals surface area contributed by atoms with Crippen LogP contribution in [0.25, 0.3) is 5.03 Å². The van der Waals surface area contributed by atoms with E-state index in [1.54, 1.807) is 0 Å². The number of rotatable bonds is 1. The van der Waals surface area contributed by atoms with E-state index in [0.717, 1.165) is 22.6 Å². The lowest BCUT2D eigenvalue weighted by atomic mass is 10.1. The summed E-state index contributed by atoms with van der Waals surface area (Å²) in [7, 11) is 0. The van der Waals surface area contributed by atoms with Crippen LogP contribution in [0.2, 0.25) is 0 Å². The minimum absolute atomic E-state index is 0.581. The van der Waals surface area contributed by atoms with E-state index in [1.807, 2.05) is 6.08 Å². The fourth-order valence-electron chi connectivity index (χ4n) is 1.46. The van der Waals surface area contributed by atoms with Crippen molar-refractivity contribution < 1.29 is 0 Å². The molecule has 62 valence electrons. The third-order valence-corrected chi connectivity index (χ3v) is 2.53. The number of hydrogen-bond acceptors (Lipinski definition) is 1. The Hall–Kier alpha value is -0.790. The second-order valence-corrected chi connectivity index (χ2v) is 3.36. The van der Waals surface area contributed by atoms with Crippen LogP contribution in [0.15, 0.2) is 24.3 Å². The highest BCUT2D eigenvalue weighted by Crippen LogP contribution is 2.30. The lowest BCUT2D eigenvalue weighted by molar-refractivity contribution is 1.07.